The topological polar surface area (TPSA) is 34.0 Å². The van der Waals surface area contributed by atoms with E-state index in [1.165, 1.54) is 0 Å². The molecule has 2 aromatic rings. The molecule has 0 atom stereocenters. The predicted molar refractivity (Wildman–Crippen MR) is 87.0 cm³/mol. The van der Waals surface area contributed by atoms with Crippen molar-refractivity contribution in [1.82, 2.24) is 9.88 Å². The first kappa shape index (κ1) is 15.4. The molecule has 1 heterocycles. The van der Waals surface area contributed by atoms with Gasteiger partial charge in [0.1, 0.15) is 0 Å². The molecule has 0 fully saturated rings. The second kappa shape index (κ2) is 6.61. The van der Waals surface area contributed by atoms with Crippen LogP contribution in [0.25, 0.3) is 5.69 Å². The van der Waals surface area contributed by atoms with Crippen molar-refractivity contribution in [3.63, 3.8) is 0 Å². The van der Waals surface area contributed by atoms with Crippen LogP contribution >= 0.6 is 0 Å². The second-order valence-electron chi connectivity index (χ2n) is 5.89. The van der Waals surface area contributed by atoms with Gasteiger partial charge in [-0.05, 0) is 44.4 Å². The molecule has 3 nitrogen and oxygen atoms in total. The highest BCUT2D eigenvalue weighted by molar-refractivity contribution is 5.95. The molecule has 0 unspecified atom stereocenters. The van der Waals surface area contributed by atoms with Crippen molar-refractivity contribution in [2.75, 3.05) is 6.54 Å². The lowest BCUT2D eigenvalue weighted by Crippen LogP contribution is -2.25. The maximum absolute atomic E-state index is 12.3. The minimum atomic E-state index is 0.0194. The summed E-state index contributed by atoms with van der Waals surface area (Å²) >= 11 is 0. The van der Waals surface area contributed by atoms with Crippen molar-refractivity contribution < 1.29 is 4.79 Å². The Balaban J connectivity index is 2.21. The number of nitrogens with zero attached hydrogens (tertiary/aromatic N) is 1. The van der Waals surface area contributed by atoms with Crippen LogP contribution in [0, 0.1) is 19.8 Å². The number of benzene rings is 1. The number of carbonyl (C=O) groups is 1. The van der Waals surface area contributed by atoms with E-state index >= 15 is 0 Å². The maximum atomic E-state index is 12.3. The van der Waals surface area contributed by atoms with Crippen LogP contribution in [-0.2, 0) is 0 Å². The van der Waals surface area contributed by atoms with E-state index in [2.05, 4.69) is 35.9 Å². The fraction of sp³-hybridized carbons (Fsp3) is 0.389. The molecule has 0 bridgehead atoms. The lowest BCUT2D eigenvalue weighted by atomic mass is 10.1. The van der Waals surface area contributed by atoms with Crippen molar-refractivity contribution in [1.29, 1.82) is 0 Å². The monoisotopic (exact) mass is 284 g/mol. The van der Waals surface area contributed by atoms with Crippen LogP contribution in [0.4, 0.5) is 0 Å². The molecule has 0 spiro atoms. The Morgan fingerprint density at radius 3 is 2.48 bits per heavy atom. The lowest BCUT2D eigenvalue weighted by molar-refractivity contribution is 0.0951. The van der Waals surface area contributed by atoms with Gasteiger partial charge in [-0.3, -0.25) is 4.79 Å². The summed E-state index contributed by atoms with van der Waals surface area (Å²) in [6.07, 6.45) is 1.00. The van der Waals surface area contributed by atoms with E-state index in [1.807, 2.05) is 38.1 Å². The normalized spacial score (nSPS) is 10.9. The smallest absolute Gasteiger partial charge is 0.253 e. The maximum Gasteiger partial charge on any atom is 0.253 e. The summed E-state index contributed by atoms with van der Waals surface area (Å²) in [4.78, 5) is 12.3. The Morgan fingerprint density at radius 2 is 1.86 bits per heavy atom. The zero-order valence-electron chi connectivity index (χ0n) is 13.3. The zero-order valence-corrected chi connectivity index (χ0v) is 13.3. The third kappa shape index (κ3) is 3.54. The molecule has 1 aromatic heterocycles. The standard InChI is InChI=1S/C18H24N2O/c1-13(2)10-11-19-18(21)17-12-14(3)20(15(17)4)16-8-6-5-7-9-16/h5-9,12-13H,10-11H2,1-4H3,(H,19,21). The van der Waals surface area contributed by atoms with Crippen LogP contribution < -0.4 is 5.32 Å². The summed E-state index contributed by atoms with van der Waals surface area (Å²) in [6.45, 7) is 9.08. The average Bonchev–Trinajstić information content (AvgIpc) is 2.74. The quantitative estimate of drug-likeness (QED) is 0.888. The first-order valence-electron chi connectivity index (χ1n) is 7.53. The molecule has 1 aromatic carbocycles. The third-order valence-corrected chi connectivity index (χ3v) is 3.70. The highest BCUT2D eigenvalue weighted by Crippen LogP contribution is 2.20. The van der Waals surface area contributed by atoms with Gasteiger partial charge < -0.3 is 9.88 Å². The predicted octanol–water partition coefficient (Wildman–Crippen LogP) is 3.87. The number of hydrogen-bond donors (Lipinski definition) is 1. The number of nitrogens with one attached hydrogen (secondary N) is 1. The van der Waals surface area contributed by atoms with Crippen molar-refractivity contribution in [3.05, 3.63) is 53.3 Å². The Bertz CT molecular complexity index is 612. The SMILES string of the molecule is Cc1cc(C(=O)NCCC(C)C)c(C)n1-c1ccccc1. The van der Waals surface area contributed by atoms with Crippen molar-refractivity contribution >= 4 is 5.91 Å². The van der Waals surface area contributed by atoms with Crippen molar-refractivity contribution in [3.8, 4) is 5.69 Å². The molecule has 112 valence electrons. The Labute approximate surface area is 127 Å². The van der Waals surface area contributed by atoms with Gasteiger partial charge in [0.05, 0.1) is 5.56 Å². The number of carbonyl (C=O) groups excluding carboxylic acids is 1. The second-order valence-corrected chi connectivity index (χ2v) is 5.89. The molecule has 0 aliphatic rings. The van der Waals surface area contributed by atoms with Gasteiger partial charge in [0.15, 0.2) is 0 Å². The van der Waals surface area contributed by atoms with Gasteiger partial charge in [0.2, 0.25) is 0 Å². The van der Waals surface area contributed by atoms with Crippen LogP contribution in [-0.4, -0.2) is 17.0 Å². The Kier molecular flexibility index (Phi) is 4.84. The van der Waals surface area contributed by atoms with Gasteiger partial charge in [0, 0.05) is 23.6 Å². The minimum Gasteiger partial charge on any atom is -0.352 e. The highest BCUT2D eigenvalue weighted by Gasteiger charge is 2.16. The van der Waals surface area contributed by atoms with E-state index in [9.17, 15) is 4.79 Å². The number of para-hydroxylation sites is 1. The number of aromatic nitrogens is 1. The molecule has 0 aliphatic carbocycles. The molecule has 1 N–H and O–H groups in total. The summed E-state index contributed by atoms with van der Waals surface area (Å²) in [6, 6.07) is 12.1. The summed E-state index contributed by atoms with van der Waals surface area (Å²) in [5, 5.41) is 3.01. The minimum absolute atomic E-state index is 0.0194. The first-order chi connectivity index (χ1) is 10.0. The van der Waals surface area contributed by atoms with Crippen LogP contribution in [0.1, 0.15) is 42.0 Å². The largest absolute Gasteiger partial charge is 0.352 e. The molecule has 0 saturated carbocycles. The van der Waals surface area contributed by atoms with Gasteiger partial charge in [-0.15, -0.1) is 0 Å². The van der Waals surface area contributed by atoms with Gasteiger partial charge in [-0.25, -0.2) is 0 Å². The van der Waals surface area contributed by atoms with Crippen LogP contribution in [0.2, 0.25) is 0 Å². The van der Waals surface area contributed by atoms with E-state index in [1.54, 1.807) is 0 Å². The Morgan fingerprint density at radius 1 is 1.19 bits per heavy atom. The highest BCUT2D eigenvalue weighted by atomic mass is 16.1. The molecular weight excluding hydrogens is 260 g/mol. The van der Waals surface area contributed by atoms with Crippen LogP contribution in [0.3, 0.4) is 0 Å². The molecular formula is C18H24N2O. The molecule has 21 heavy (non-hydrogen) atoms. The van der Waals surface area contributed by atoms with Gasteiger partial charge in [-0.1, -0.05) is 32.0 Å². The molecule has 2 rings (SSSR count). The molecule has 0 saturated heterocycles. The number of hydrogen-bond acceptors (Lipinski definition) is 1. The molecule has 0 aliphatic heterocycles. The van der Waals surface area contributed by atoms with Crippen LogP contribution in [0.5, 0.6) is 0 Å². The van der Waals surface area contributed by atoms with Gasteiger partial charge in [-0.2, -0.15) is 0 Å². The molecule has 1 amide bonds. The van der Waals surface area contributed by atoms with Crippen molar-refractivity contribution in [2.45, 2.75) is 34.1 Å². The first-order valence-corrected chi connectivity index (χ1v) is 7.53. The van der Waals surface area contributed by atoms with E-state index in [0.717, 1.165) is 35.6 Å². The fourth-order valence-corrected chi connectivity index (χ4v) is 2.54. The number of aryl methyl sites for hydroxylation is 1. The lowest BCUT2D eigenvalue weighted by Gasteiger charge is -2.10. The van der Waals surface area contributed by atoms with E-state index in [-0.39, 0.29) is 5.91 Å². The van der Waals surface area contributed by atoms with E-state index < -0.39 is 0 Å². The summed E-state index contributed by atoms with van der Waals surface area (Å²) in [7, 11) is 0. The van der Waals surface area contributed by atoms with Gasteiger partial charge >= 0.3 is 0 Å². The summed E-state index contributed by atoms with van der Waals surface area (Å²) in [5.74, 6) is 0.619. The third-order valence-electron chi connectivity index (χ3n) is 3.70. The van der Waals surface area contributed by atoms with E-state index in [4.69, 9.17) is 0 Å². The average molecular weight is 284 g/mol. The summed E-state index contributed by atoms with van der Waals surface area (Å²) < 4.78 is 2.12. The molecule has 3 heteroatoms. The van der Waals surface area contributed by atoms with Crippen LogP contribution in [0.15, 0.2) is 36.4 Å². The van der Waals surface area contributed by atoms with E-state index in [0.29, 0.717) is 5.92 Å². The zero-order chi connectivity index (χ0) is 15.4. The van der Waals surface area contributed by atoms with Crippen molar-refractivity contribution in [2.24, 2.45) is 5.92 Å². The number of amides is 1. The van der Waals surface area contributed by atoms with Gasteiger partial charge in [0.25, 0.3) is 5.91 Å². The Hall–Kier alpha value is -2.03. The fourth-order valence-electron chi connectivity index (χ4n) is 2.54. The number of rotatable bonds is 5. The summed E-state index contributed by atoms with van der Waals surface area (Å²) in [5.41, 5.74) is 3.92. The molecule has 0 radical (unpaired) electrons.